The monoisotopic (exact) mass is 296 g/mol. The van der Waals surface area contributed by atoms with E-state index in [1.165, 1.54) is 19.2 Å². The largest absolute Gasteiger partial charge is 0.469 e. The highest BCUT2D eigenvalue weighted by Gasteiger charge is 2.29. The first-order chi connectivity index (χ1) is 7.79. The first kappa shape index (κ1) is 17.0. The fraction of sp³-hybridized carbons (Fsp3) is 0.364. The molecule has 18 heavy (non-hydrogen) atoms. The summed E-state index contributed by atoms with van der Waals surface area (Å²) >= 11 is 5.91. The number of anilines is 1. The van der Waals surface area contributed by atoms with Crippen molar-refractivity contribution >= 4 is 35.7 Å². The van der Waals surface area contributed by atoms with Crippen LogP contribution in [0.15, 0.2) is 12.1 Å². The van der Waals surface area contributed by atoms with Gasteiger partial charge >= 0.3 is 5.97 Å². The first-order valence-electron chi connectivity index (χ1n) is 4.89. The predicted molar refractivity (Wildman–Crippen MR) is 71.2 cm³/mol. The molecule has 0 saturated heterocycles. The van der Waals surface area contributed by atoms with Gasteiger partial charge in [0.2, 0.25) is 0 Å². The molecule has 0 amide bonds. The zero-order valence-corrected chi connectivity index (χ0v) is 11.6. The number of carbonyl (C=O) groups is 1. The quantitative estimate of drug-likeness (QED) is 0.662. The molecule has 0 fully saturated rings. The lowest BCUT2D eigenvalue weighted by Gasteiger charge is -2.25. The topological polar surface area (TPSA) is 78.3 Å². The molecule has 0 saturated carbocycles. The van der Waals surface area contributed by atoms with Crippen molar-refractivity contribution in [3.8, 4) is 0 Å². The van der Waals surface area contributed by atoms with E-state index in [1.807, 2.05) is 0 Å². The van der Waals surface area contributed by atoms with Crippen molar-refractivity contribution in [2.75, 3.05) is 12.8 Å². The van der Waals surface area contributed by atoms with Gasteiger partial charge in [-0.05, 0) is 18.6 Å². The van der Waals surface area contributed by atoms with E-state index in [4.69, 9.17) is 23.1 Å². The van der Waals surface area contributed by atoms with Crippen LogP contribution in [-0.2, 0) is 15.1 Å². The van der Waals surface area contributed by atoms with Crippen LogP contribution in [0.4, 0.5) is 10.1 Å². The highest BCUT2D eigenvalue weighted by atomic mass is 35.5. The standard InChI is InChI=1S/C11H14ClFN2O2.ClH/c1-11(15,5-8(16)17-2)6-3-4-7(13)10(14)9(6)12;/h3-4H,5,14-15H2,1-2H3;1H. The number of rotatable bonds is 3. The summed E-state index contributed by atoms with van der Waals surface area (Å²) in [5, 5.41) is 0.0268. The number of ether oxygens (including phenoxy) is 1. The van der Waals surface area contributed by atoms with E-state index in [9.17, 15) is 9.18 Å². The first-order valence-corrected chi connectivity index (χ1v) is 5.27. The van der Waals surface area contributed by atoms with Gasteiger partial charge in [-0.1, -0.05) is 17.7 Å². The SMILES string of the molecule is COC(=O)CC(C)(N)c1ccc(F)c(N)c1Cl.Cl. The Bertz CT molecular complexity index is 453. The molecule has 1 atom stereocenters. The summed E-state index contributed by atoms with van der Waals surface area (Å²) in [6.07, 6.45) is -0.0751. The minimum absolute atomic E-state index is 0. The molecule has 1 aromatic carbocycles. The molecule has 1 aromatic rings. The number of nitrogens with two attached hydrogens (primary N) is 2. The number of nitrogen functional groups attached to an aromatic ring is 1. The Morgan fingerprint density at radius 1 is 1.56 bits per heavy atom. The van der Waals surface area contributed by atoms with E-state index in [0.29, 0.717) is 5.56 Å². The third kappa shape index (κ3) is 3.48. The number of esters is 1. The fourth-order valence-electron chi connectivity index (χ4n) is 1.48. The molecule has 7 heteroatoms. The van der Waals surface area contributed by atoms with Crippen LogP contribution in [0, 0.1) is 5.82 Å². The second-order valence-electron chi connectivity index (χ2n) is 3.99. The molecule has 0 aromatic heterocycles. The van der Waals surface area contributed by atoms with Crippen LogP contribution in [0.3, 0.4) is 0 Å². The lowest BCUT2D eigenvalue weighted by Crippen LogP contribution is -2.36. The minimum Gasteiger partial charge on any atom is -0.469 e. The second kappa shape index (κ2) is 6.22. The Morgan fingerprint density at radius 2 is 2.11 bits per heavy atom. The van der Waals surface area contributed by atoms with Crippen LogP contribution in [0.2, 0.25) is 5.02 Å². The van der Waals surface area contributed by atoms with E-state index in [1.54, 1.807) is 6.92 Å². The van der Waals surface area contributed by atoms with Gasteiger partial charge in [0.05, 0.1) is 29.8 Å². The molecule has 0 bridgehead atoms. The smallest absolute Gasteiger partial charge is 0.307 e. The Balaban J connectivity index is 0.00000289. The molecule has 0 aliphatic rings. The molecule has 1 rings (SSSR count). The molecular weight excluding hydrogens is 282 g/mol. The minimum atomic E-state index is -1.06. The number of halogens is 3. The maximum atomic E-state index is 13.1. The summed E-state index contributed by atoms with van der Waals surface area (Å²) in [4.78, 5) is 11.2. The Hall–Kier alpha value is -1.04. The lowest BCUT2D eigenvalue weighted by molar-refractivity contribution is -0.141. The van der Waals surface area contributed by atoms with Crippen LogP contribution in [0.25, 0.3) is 0 Å². The number of carbonyl (C=O) groups excluding carboxylic acids is 1. The molecule has 4 N–H and O–H groups in total. The summed E-state index contributed by atoms with van der Waals surface area (Å²) in [7, 11) is 1.26. The van der Waals surface area contributed by atoms with Crippen molar-refractivity contribution in [1.29, 1.82) is 0 Å². The molecule has 4 nitrogen and oxygen atoms in total. The summed E-state index contributed by atoms with van der Waals surface area (Å²) < 4.78 is 17.7. The molecule has 0 radical (unpaired) electrons. The van der Waals surface area contributed by atoms with Gasteiger partial charge < -0.3 is 16.2 Å². The van der Waals surface area contributed by atoms with E-state index < -0.39 is 17.3 Å². The van der Waals surface area contributed by atoms with Gasteiger partial charge in [0.1, 0.15) is 5.82 Å². The van der Waals surface area contributed by atoms with E-state index in [2.05, 4.69) is 4.74 Å². The molecule has 102 valence electrons. The summed E-state index contributed by atoms with van der Waals surface area (Å²) in [5.74, 6) is -1.10. The zero-order chi connectivity index (χ0) is 13.2. The van der Waals surface area contributed by atoms with E-state index >= 15 is 0 Å². The third-order valence-electron chi connectivity index (χ3n) is 2.48. The van der Waals surface area contributed by atoms with Gasteiger partial charge in [0, 0.05) is 0 Å². The number of hydrogen-bond acceptors (Lipinski definition) is 4. The maximum absolute atomic E-state index is 13.1. The average Bonchev–Trinajstić information content (AvgIpc) is 2.24. The molecular formula is C11H15Cl2FN2O2. The van der Waals surface area contributed by atoms with Gasteiger partial charge in [-0.15, -0.1) is 12.4 Å². The molecule has 1 unspecified atom stereocenters. The Kier molecular flexibility index (Phi) is 5.86. The van der Waals surface area contributed by atoms with E-state index in [0.717, 1.165) is 0 Å². The van der Waals surface area contributed by atoms with Gasteiger partial charge in [0.15, 0.2) is 0 Å². The molecule has 0 aliphatic heterocycles. The van der Waals surface area contributed by atoms with Gasteiger partial charge in [-0.2, -0.15) is 0 Å². The fourth-order valence-corrected chi connectivity index (χ4v) is 1.85. The lowest BCUT2D eigenvalue weighted by atomic mass is 9.89. The summed E-state index contributed by atoms with van der Waals surface area (Å²) in [6, 6.07) is 2.58. The molecule has 0 aliphatic carbocycles. The van der Waals surface area contributed by atoms with Crippen molar-refractivity contribution in [2.45, 2.75) is 18.9 Å². The van der Waals surface area contributed by atoms with Crippen molar-refractivity contribution in [1.82, 2.24) is 0 Å². The maximum Gasteiger partial charge on any atom is 0.307 e. The summed E-state index contributed by atoms with van der Waals surface area (Å²) in [5.41, 5.74) is 10.6. The van der Waals surface area contributed by atoms with Crippen LogP contribution < -0.4 is 11.5 Å². The van der Waals surface area contributed by atoms with Crippen molar-refractivity contribution < 1.29 is 13.9 Å². The van der Waals surface area contributed by atoms with E-state index in [-0.39, 0.29) is 29.5 Å². The number of methoxy groups -OCH3 is 1. The summed E-state index contributed by atoms with van der Waals surface area (Å²) in [6.45, 7) is 1.60. The van der Waals surface area contributed by atoms with Crippen LogP contribution in [0.1, 0.15) is 18.9 Å². The Labute approximate surface area is 116 Å². The van der Waals surface area contributed by atoms with Gasteiger partial charge in [-0.25, -0.2) is 4.39 Å². The van der Waals surface area contributed by atoms with Crippen molar-refractivity contribution in [2.24, 2.45) is 5.73 Å². The molecule has 0 heterocycles. The molecule has 0 spiro atoms. The van der Waals surface area contributed by atoms with Crippen LogP contribution >= 0.6 is 24.0 Å². The third-order valence-corrected chi connectivity index (χ3v) is 2.89. The van der Waals surface area contributed by atoms with Crippen LogP contribution in [-0.4, -0.2) is 13.1 Å². The predicted octanol–water partition coefficient (Wildman–Crippen LogP) is 2.22. The van der Waals surface area contributed by atoms with Crippen molar-refractivity contribution in [3.05, 3.63) is 28.5 Å². The van der Waals surface area contributed by atoms with Gasteiger partial charge in [0.25, 0.3) is 0 Å². The number of benzene rings is 1. The van der Waals surface area contributed by atoms with Crippen LogP contribution in [0.5, 0.6) is 0 Å². The number of hydrogen-bond donors (Lipinski definition) is 2. The normalized spacial score (nSPS) is 13.4. The van der Waals surface area contributed by atoms with Crippen molar-refractivity contribution in [3.63, 3.8) is 0 Å². The zero-order valence-electron chi connectivity index (χ0n) is 10.00. The highest BCUT2D eigenvalue weighted by Crippen LogP contribution is 2.34. The van der Waals surface area contributed by atoms with Gasteiger partial charge in [-0.3, -0.25) is 4.79 Å². The highest BCUT2D eigenvalue weighted by molar-refractivity contribution is 6.34. The second-order valence-corrected chi connectivity index (χ2v) is 4.37. The Morgan fingerprint density at radius 3 is 2.61 bits per heavy atom. The average molecular weight is 297 g/mol.